The van der Waals surface area contributed by atoms with Gasteiger partial charge >= 0.3 is 5.69 Å². The number of alkyl halides is 1. The Morgan fingerprint density at radius 3 is 2.09 bits per heavy atom. The lowest BCUT2D eigenvalue weighted by Crippen LogP contribution is -2.56. The minimum Gasteiger partial charge on any atom is -0.414 e. The summed E-state index contributed by atoms with van der Waals surface area (Å²) in [4.78, 5) is 26.5. The topological polar surface area (TPSA) is 82.5 Å². The monoisotopic (exact) mass is 518 g/mol. The normalized spacial score (nSPS) is 27.2. The van der Waals surface area contributed by atoms with E-state index in [1.807, 2.05) is 6.92 Å². The van der Waals surface area contributed by atoms with Crippen LogP contribution >= 0.6 is 11.6 Å². The van der Waals surface area contributed by atoms with E-state index in [2.05, 4.69) is 72.7 Å². The first kappa shape index (κ1) is 28.5. The Balaban J connectivity index is 2.54. The molecule has 0 unspecified atom stereocenters. The quantitative estimate of drug-likeness (QED) is 0.394. The van der Waals surface area contributed by atoms with Crippen LogP contribution in [0.5, 0.6) is 0 Å². The molecule has 0 spiro atoms. The molecule has 1 saturated heterocycles. The van der Waals surface area contributed by atoms with Crippen molar-refractivity contribution in [3.8, 4) is 0 Å². The van der Waals surface area contributed by atoms with Gasteiger partial charge in [-0.3, -0.25) is 14.3 Å². The van der Waals surface area contributed by atoms with Crippen molar-refractivity contribution in [2.24, 2.45) is 0 Å². The summed E-state index contributed by atoms with van der Waals surface area (Å²) in [6, 6.07) is 1.30. The van der Waals surface area contributed by atoms with E-state index in [-0.39, 0.29) is 10.1 Å². The van der Waals surface area contributed by atoms with Crippen LogP contribution in [0.25, 0.3) is 0 Å². The second-order valence-corrected chi connectivity index (χ2v) is 22.3. The number of aromatic amines is 1. The zero-order valence-electron chi connectivity index (χ0n) is 22.2. The number of ether oxygens (including phenoxy) is 1. The fraction of sp³-hybridized carbons (Fsp3) is 0.826. The average molecular weight is 519 g/mol. The predicted octanol–water partition coefficient (Wildman–Crippen LogP) is 5.23. The second kappa shape index (κ2) is 9.39. The van der Waals surface area contributed by atoms with E-state index >= 15 is 0 Å². The van der Waals surface area contributed by atoms with Gasteiger partial charge in [-0.05, 0) is 42.7 Å². The van der Waals surface area contributed by atoms with Gasteiger partial charge in [-0.25, -0.2) is 4.79 Å². The molecule has 1 aliphatic rings. The number of hydrogen-bond donors (Lipinski definition) is 1. The zero-order chi connectivity index (χ0) is 25.6. The molecule has 190 valence electrons. The van der Waals surface area contributed by atoms with E-state index in [1.54, 1.807) is 0 Å². The van der Waals surface area contributed by atoms with Crippen LogP contribution in [0, 0.1) is 0 Å². The third-order valence-corrected chi connectivity index (χ3v) is 17.2. The van der Waals surface area contributed by atoms with Crippen LogP contribution in [0.3, 0.4) is 0 Å². The summed E-state index contributed by atoms with van der Waals surface area (Å²) in [5.41, 5.74) is -1.84. The maximum atomic E-state index is 12.6. The molecule has 0 amide bonds. The average Bonchev–Trinajstić information content (AvgIpc) is 2.91. The van der Waals surface area contributed by atoms with E-state index in [0.29, 0.717) is 13.0 Å². The van der Waals surface area contributed by atoms with E-state index in [4.69, 9.17) is 25.2 Å². The Bertz CT molecular complexity index is 948. The second-order valence-electron chi connectivity index (χ2n) is 12.2. The third kappa shape index (κ3) is 5.75. The molecule has 1 aromatic heterocycles. The predicted molar refractivity (Wildman–Crippen MR) is 139 cm³/mol. The van der Waals surface area contributed by atoms with Crippen LogP contribution < -0.4 is 11.2 Å². The molecule has 0 saturated carbocycles. The molecule has 1 aliphatic heterocycles. The van der Waals surface area contributed by atoms with Crippen molar-refractivity contribution < 1.29 is 13.6 Å². The number of aromatic nitrogens is 2. The summed E-state index contributed by atoms with van der Waals surface area (Å²) < 4.78 is 21.5. The highest BCUT2D eigenvalue weighted by Gasteiger charge is 2.58. The van der Waals surface area contributed by atoms with E-state index < -0.39 is 51.2 Å². The highest BCUT2D eigenvalue weighted by Crippen LogP contribution is 2.48. The fourth-order valence-corrected chi connectivity index (χ4v) is 6.27. The van der Waals surface area contributed by atoms with Gasteiger partial charge in [-0.2, -0.15) is 0 Å². The first-order valence-electron chi connectivity index (χ1n) is 11.7. The van der Waals surface area contributed by atoms with Crippen LogP contribution in [-0.4, -0.2) is 49.9 Å². The molecule has 2 heterocycles. The van der Waals surface area contributed by atoms with Crippen molar-refractivity contribution in [1.29, 1.82) is 0 Å². The van der Waals surface area contributed by atoms with Crippen molar-refractivity contribution in [2.45, 2.75) is 114 Å². The number of hydrogen-bond acceptors (Lipinski definition) is 5. The number of halogens is 1. The summed E-state index contributed by atoms with van der Waals surface area (Å²) in [6.45, 7) is 24.3. The Hall–Kier alpha value is -0.716. The van der Waals surface area contributed by atoms with Gasteiger partial charge < -0.3 is 13.6 Å². The molecule has 1 aromatic rings. The lowest BCUT2D eigenvalue weighted by atomic mass is 9.94. The number of rotatable bonds is 7. The Kier molecular flexibility index (Phi) is 8.11. The third-order valence-electron chi connectivity index (χ3n) is 7.87. The van der Waals surface area contributed by atoms with Gasteiger partial charge in [0.05, 0.1) is 12.7 Å². The van der Waals surface area contributed by atoms with E-state index in [9.17, 15) is 9.59 Å². The van der Waals surface area contributed by atoms with E-state index in [1.165, 1.54) is 16.8 Å². The lowest BCUT2D eigenvalue weighted by Gasteiger charge is -2.45. The maximum Gasteiger partial charge on any atom is 0.330 e. The molecule has 0 aromatic carbocycles. The minimum absolute atomic E-state index is 0.0315. The fourth-order valence-electron chi connectivity index (χ4n) is 3.34. The van der Waals surface area contributed by atoms with Crippen LogP contribution in [0.2, 0.25) is 36.3 Å². The molecule has 0 aliphatic carbocycles. The van der Waals surface area contributed by atoms with Gasteiger partial charge in [0.25, 0.3) is 5.56 Å². The molecule has 1 fully saturated rings. The van der Waals surface area contributed by atoms with Crippen LogP contribution in [0.1, 0.15) is 61.1 Å². The molecule has 2 rings (SSSR count). The van der Waals surface area contributed by atoms with Crippen molar-refractivity contribution in [3.05, 3.63) is 33.1 Å². The van der Waals surface area contributed by atoms with Crippen LogP contribution in [-0.2, 0) is 13.6 Å². The summed E-state index contributed by atoms with van der Waals surface area (Å²) in [5.74, 6) is 0. The first-order valence-corrected chi connectivity index (χ1v) is 18.0. The summed E-state index contributed by atoms with van der Waals surface area (Å²) in [6.07, 6.45) is 0.788. The van der Waals surface area contributed by atoms with Gasteiger partial charge in [-0.15, -0.1) is 11.6 Å². The molecule has 1 N–H and O–H groups in total. The Morgan fingerprint density at radius 2 is 1.64 bits per heavy atom. The van der Waals surface area contributed by atoms with Crippen molar-refractivity contribution in [2.75, 3.05) is 6.61 Å². The van der Waals surface area contributed by atoms with Gasteiger partial charge in [0.15, 0.2) is 22.9 Å². The van der Waals surface area contributed by atoms with Gasteiger partial charge in [0.2, 0.25) is 0 Å². The molecule has 4 atom stereocenters. The molecule has 0 bridgehead atoms. The van der Waals surface area contributed by atoms with Crippen molar-refractivity contribution in [1.82, 2.24) is 9.55 Å². The minimum atomic E-state index is -2.24. The van der Waals surface area contributed by atoms with Crippen molar-refractivity contribution >= 4 is 28.2 Å². The highest BCUT2D eigenvalue weighted by atomic mass is 35.5. The molecular weight excluding hydrogens is 476 g/mol. The SMILES string of the molecule is CC[C@]1(CO[Si](C)(C)C(C)(C)C)O[C@@H](n2ccc(=O)[nH]c2=O)[C@H](Cl)[C@@H]1O[Si](C)(C)C(C)(C)C. The number of nitrogens with one attached hydrogen (secondary N) is 1. The highest BCUT2D eigenvalue weighted by molar-refractivity contribution is 6.74. The summed E-state index contributed by atoms with van der Waals surface area (Å²) in [7, 11) is -4.32. The van der Waals surface area contributed by atoms with Crippen molar-refractivity contribution in [3.63, 3.8) is 0 Å². The summed E-state index contributed by atoms with van der Waals surface area (Å²) in [5, 5.41) is -0.631. The van der Waals surface area contributed by atoms with Crippen LogP contribution in [0.15, 0.2) is 21.9 Å². The number of H-pyrrole nitrogens is 1. The molecule has 0 radical (unpaired) electrons. The standard InChI is InChI=1S/C23H43ClN2O5Si2/c1-12-23(15-29-32(8,9)21(2,3)4)18(31-33(10,11)22(5,6)7)17(24)19(30-23)26-14-13-16(27)25-20(26)28/h13-14,17-19H,12,15H2,1-11H3,(H,25,27,28)/t17-,18+,19-,23-/m1/s1. The van der Waals surface area contributed by atoms with E-state index in [0.717, 1.165) is 0 Å². The van der Waals surface area contributed by atoms with Crippen LogP contribution in [0.4, 0.5) is 0 Å². The zero-order valence-corrected chi connectivity index (χ0v) is 24.9. The molecule has 33 heavy (non-hydrogen) atoms. The maximum absolute atomic E-state index is 12.6. The smallest absolute Gasteiger partial charge is 0.330 e. The Labute approximate surface area is 205 Å². The molecule has 10 heteroatoms. The molecular formula is C23H43ClN2O5Si2. The lowest BCUT2D eigenvalue weighted by molar-refractivity contribution is -0.124. The largest absolute Gasteiger partial charge is 0.414 e. The number of nitrogens with zero attached hydrogens (tertiary/aromatic N) is 1. The summed E-state index contributed by atoms with van der Waals surface area (Å²) >= 11 is 7.03. The Morgan fingerprint density at radius 1 is 1.09 bits per heavy atom. The van der Waals surface area contributed by atoms with Gasteiger partial charge in [0.1, 0.15) is 11.0 Å². The first-order chi connectivity index (χ1) is 14.8. The molecule has 7 nitrogen and oxygen atoms in total. The van der Waals surface area contributed by atoms with Gasteiger partial charge in [-0.1, -0.05) is 48.5 Å². The van der Waals surface area contributed by atoms with Gasteiger partial charge in [0, 0.05) is 12.3 Å².